The Morgan fingerprint density at radius 1 is 0.966 bits per heavy atom. The van der Waals surface area contributed by atoms with Crippen molar-refractivity contribution in [2.24, 2.45) is 0 Å². The SMILES string of the molecule is O=S(=O)(NCCCN1CCO[C@@H](c2ccccc2)C1)c1ccc2ccccc2c1. The van der Waals surface area contributed by atoms with Crippen molar-refractivity contribution in [1.29, 1.82) is 0 Å². The minimum Gasteiger partial charge on any atom is -0.371 e. The third-order valence-corrected chi connectivity index (χ3v) is 6.76. The van der Waals surface area contributed by atoms with Crippen molar-refractivity contribution < 1.29 is 13.2 Å². The topological polar surface area (TPSA) is 58.6 Å². The van der Waals surface area contributed by atoms with Gasteiger partial charge in [-0.25, -0.2) is 13.1 Å². The molecule has 0 amide bonds. The van der Waals surface area contributed by atoms with Gasteiger partial charge < -0.3 is 4.74 Å². The first kappa shape index (κ1) is 20.0. The molecule has 0 spiro atoms. The Kier molecular flexibility index (Phi) is 6.25. The van der Waals surface area contributed by atoms with Crippen LogP contribution in [0.3, 0.4) is 0 Å². The molecule has 1 N–H and O–H groups in total. The summed E-state index contributed by atoms with van der Waals surface area (Å²) in [5, 5.41) is 1.96. The number of hydrogen-bond donors (Lipinski definition) is 1. The van der Waals surface area contributed by atoms with Gasteiger partial charge in [-0.1, -0.05) is 60.7 Å². The monoisotopic (exact) mass is 410 g/mol. The third-order valence-electron chi connectivity index (χ3n) is 5.30. The van der Waals surface area contributed by atoms with E-state index in [9.17, 15) is 8.42 Å². The molecule has 1 aliphatic heterocycles. The van der Waals surface area contributed by atoms with Crippen molar-refractivity contribution in [3.05, 3.63) is 78.4 Å². The van der Waals surface area contributed by atoms with Crippen LogP contribution in [0, 0.1) is 0 Å². The van der Waals surface area contributed by atoms with E-state index in [-0.39, 0.29) is 6.10 Å². The van der Waals surface area contributed by atoms with Crippen LogP contribution in [0.15, 0.2) is 77.7 Å². The second-order valence-electron chi connectivity index (χ2n) is 7.33. The van der Waals surface area contributed by atoms with Gasteiger partial charge in [0.15, 0.2) is 0 Å². The van der Waals surface area contributed by atoms with Gasteiger partial charge in [0, 0.05) is 19.6 Å². The van der Waals surface area contributed by atoms with Crippen molar-refractivity contribution in [3.63, 3.8) is 0 Å². The Balaban J connectivity index is 1.29. The molecular weight excluding hydrogens is 384 g/mol. The molecule has 0 aromatic heterocycles. The largest absolute Gasteiger partial charge is 0.371 e. The number of fused-ring (bicyclic) bond motifs is 1. The third kappa shape index (κ3) is 5.03. The maximum atomic E-state index is 12.6. The normalized spacial score (nSPS) is 18.1. The van der Waals surface area contributed by atoms with Gasteiger partial charge in [-0.05, 0) is 41.4 Å². The van der Waals surface area contributed by atoms with E-state index in [2.05, 4.69) is 21.8 Å². The number of sulfonamides is 1. The van der Waals surface area contributed by atoms with Gasteiger partial charge in [-0.2, -0.15) is 0 Å². The minimum absolute atomic E-state index is 0.0826. The van der Waals surface area contributed by atoms with Crippen LogP contribution in [-0.2, 0) is 14.8 Å². The number of ether oxygens (including phenoxy) is 1. The molecule has 0 radical (unpaired) electrons. The van der Waals surface area contributed by atoms with Crippen LogP contribution >= 0.6 is 0 Å². The van der Waals surface area contributed by atoms with Crippen LogP contribution in [-0.4, -0.2) is 46.1 Å². The summed E-state index contributed by atoms with van der Waals surface area (Å²) in [6.07, 6.45) is 0.841. The van der Waals surface area contributed by atoms with Gasteiger partial charge in [0.25, 0.3) is 0 Å². The Bertz CT molecular complexity index is 1050. The maximum Gasteiger partial charge on any atom is 0.240 e. The zero-order valence-electron chi connectivity index (χ0n) is 16.3. The molecule has 0 unspecified atom stereocenters. The molecular formula is C23H26N2O3S. The van der Waals surface area contributed by atoms with Gasteiger partial charge in [0.2, 0.25) is 10.0 Å². The molecule has 1 saturated heterocycles. The summed E-state index contributed by atoms with van der Waals surface area (Å²) in [5.41, 5.74) is 1.19. The molecule has 0 saturated carbocycles. The summed E-state index contributed by atoms with van der Waals surface area (Å²) in [5.74, 6) is 0. The fourth-order valence-corrected chi connectivity index (χ4v) is 4.81. The van der Waals surface area contributed by atoms with Crippen molar-refractivity contribution in [1.82, 2.24) is 9.62 Å². The van der Waals surface area contributed by atoms with E-state index in [4.69, 9.17) is 4.74 Å². The van der Waals surface area contributed by atoms with Crippen molar-refractivity contribution in [2.45, 2.75) is 17.4 Å². The van der Waals surface area contributed by atoms with Crippen LogP contribution in [0.5, 0.6) is 0 Å². The maximum absolute atomic E-state index is 12.6. The number of nitrogens with one attached hydrogen (secondary N) is 1. The smallest absolute Gasteiger partial charge is 0.240 e. The molecule has 6 heteroatoms. The van der Waals surface area contributed by atoms with E-state index in [0.29, 0.717) is 18.0 Å². The van der Waals surface area contributed by atoms with Crippen LogP contribution in [0.4, 0.5) is 0 Å². The molecule has 1 aliphatic rings. The number of morpholine rings is 1. The highest BCUT2D eigenvalue weighted by atomic mass is 32.2. The highest BCUT2D eigenvalue weighted by Crippen LogP contribution is 2.22. The first-order valence-electron chi connectivity index (χ1n) is 9.99. The fraction of sp³-hybridized carbons (Fsp3) is 0.304. The molecule has 1 heterocycles. The first-order chi connectivity index (χ1) is 14.1. The molecule has 29 heavy (non-hydrogen) atoms. The molecule has 0 aliphatic carbocycles. The Morgan fingerprint density at radius 2 is 1.72 bits per heavy atom. The van der Waals surface area contributed by atoms with Gasteiger partial charge in [-0.3, -0.25) is 4.90 Å². The molecule has 1 atom stereocenters. The van der Waals surface area contributed by atoms with Crippen LogP contribution in [0.2, 0.25) is 0 Å². The molecule has 5 nitrogen and oxygen atoms in total. The second-order valence-corrected chi connectivity index (χ2v) is 9.10. The van der Waals surface area contributed by atoms with Crippen LogP contribution in [0.25, 0.3) is 10.8 Å². The van der Waals surface area contributed by atoms with Crippen molar-refractivity contribution >= 4 is 20.8 Å². The second kappa shape index (κ2) is 9.05. The Hall–Kier alpha value is -2.25. The Labute approximate surface area is 172 Å². The van der Waals surface area contributed by atoms with Crippen molar-refractivity contribution in [2.75, 3.05) is 32.8 Å². The van der Waals surface area contributed by atoms with Gasteiger partial charge >= 0.3 is 0 Å². The van der Waals surface area contributed by atoms with E-state index in [1.165, 1.54) is 5.56 Å². The lowest BCUT2D eigenvalue weighted by Gasteiger charge is -2.33. The number of rotatable bonds is 7. The van der Waals surface area contributed by atoms with Gasteiger partial charge in [-0.15, -0.1) is 0 Å². The lowest BCUT2D eigenvalue weighted by atomic mass is 10.1. The summed E-state index contributed by atoms with van der Waals surface area (Å²) in [4.78, 5) is 2.65. The summed E-state index contributed by atoms with van der Waals surface area (Å²) < 4.78 is 33.9. The fourth-order valence-electron chi connectivity index (χ4n) is 3.70. The molecule has 3 aromatic rings. The predicted molar refractivity (Wildman–Crippen MR) is 115 cm³/mol. The summed E-state index contributed by atoms with van der Waals surface area (Å²) in [7, 11) is -3.50. The van der Waals surface area contributed by atoms with E-state index in [1.807, 2.05) is 48.5 Å². The van der Waals surface area contributed by atoms with Gasteiger partial charge in [0.05, 0.1) is 17.6 Å². The van der Waals surface area contributed by atoms with Crippen LogP contribution < -0.4 is 4.72 Å². The van der Waals surface area contributed by atoms with E-state index in [0.717, 1.165) is 36.8 Å². The van der Waals surface area contributed by atoms with Crippen LogP contribution in [0.1, 0.15) is 18.1 Å². The number of nitrogens with zero attached hydrogens (tertiary/aromatic N) is 1. The average molecular weight is 411 g/mol. The first-order valence-corrected chi connectivity index (χ1v) is 11.5. The highest BCUT2D eigenvalue weighted by molar-refractivity contribution is 7.89. The van der Waals surface area contributed by atoms with E-state index >= 15 is 0 Å². The minimum atomic E-state index is -3.50. The molecule has 1 fully saturated rings. The highest BCUT2D eigenvalue weighted by Gasteiger charge is 2.21. The summed E-state index contributed by atoms with van der Waals surface area (Å²) >= 11 is 0. The van der Waals surface area contributed by atoms with E-state index in [1.54, 1.807) is 12.1 Å². The lowest BCUT2D eigenvalue weighted by Crippen LogP contribution is -2.39. The average Bonchev–Trinajstić information content (AvgIpc) is 2.77. The van der Waals surface area contributed by atoms with E-state index < -0.39 is 10.0 Å². The Morgan fingerprint density at radius 3 is 2.55 bits per heavy atom. The molecule has 3 aromatic carbocycles. The standard InChI is InChI=1S/C23H26N2O3S/c26-29(27,22-12-11-19-7-4-5-10-21(19)17-22)24-13-6-14-25-15-16-28-23(18-25)20-8-2-1-3-9-20/h1-5,7-12,17,23-24H,6,13-16,18H2/t23-/m1/s1. The molecule has 4 rings (SSSR count). The van der Waals surface area contributed by atoms with Gasteiger partial charge in [0.1, 0.15) is 0 Å². The van der Waals surface area contributed by atoms with Crippen molar-refractivity contribution in [3.8, 4) is 0 Å². The zero-order chi connectivity index (χ0) is 20.1. The summed E-state index contributed by atoms with van der Waals surface area (Å²) in [6, 6.07) is 23.2. The number of hydrogen-bond acceptors (Lipinski definition) is 4. The molecule has 0 bridgehead atoms. The predicted octanol–water partition coefficient (Wildman–Crippen LogP) is 3.58. The quantitative estimate of drug-likeness (QED) is 0.605. The lowest BCUT2D eigenvalue weighted by molar-refractivity contribution is -0.0300. The summed E-state index contributed by atoms with van der Waals surface area (Å²) in [6.45, 7) is 3.67. The zero-order valence-corrected chi connectivity index (χ0v) is 17.1. The number of benzene rings is 3. The molecule has 152 valence electrons.